The molecule has 0 spiro atoms. The summed E-state index contributed by atoms with van der Waals surface area (Å²) in [5, 5.41) is 3.47. The Morgan fingerprint density at radius 1 is 1.29 bits per heavy atom. The highest BCUT2D eigenvalue weighted by atomic mass is 79.9. The number of nitrogens with zero attached hydrogens (tertiary/aromatic N) is 1. The van der Waals surface area contributed by atoms with Crippen LogP contribution in [0.4, 0.5) is 5.13 Å². The van der Waals surface area contributed by atoms with Crippen LogP contribution in [0.3, 0.4) is 0 Å². The molecule has 0 fully saturated rings. The fourth-order valence-corrected chi connectivity index (χ4v) is 3.77. The lowest BCUT2D eigenvalue weighted by atomic mass is 10.2. The number of nitrogens with one attached hydrogen (secondary N) is 1. The number of benzene rings is 2. The number of amides is 1. The highest BCUT2D eigenvalue weighted by molar-refractivity contribution is 9.10. The molecule has 21 heavy (non-hydrogen) atoms. The standard InChI is InChI=1S/C15H11BrN2OS2/c1-20-9-6-7-12-13(8-9)21-15(17-12)18-14(19)10-4-2-3-5-11(10)16/h2-8H,1H3,(H,17,18,19). The molecule has 1 aromatic heterocycles. The van der Waals surface area contributed by atoms with E-state index in [-0.39, 0.29) is 5.91 Å². The Hall–Kier alpha value is -1.37. The summed E-state index contributed by atoms with van der Waals surface area (Å²) < 4.78 is 1.84. The van der Waals surface area contributed by atoms with Gasteiger partial charge in [0.25, 0.3) is 5.91 Å². The summed E-state index contributed by atoms with van der Waals surface area (Å²) in [5.74, 6) is -0.161. The molecule has 106 valence electrons. The maximum atomic E-state index is 12.3. The summed E-state index contributed by atoms with van der Waals surface area (Å²) in [5.41, 5.74) is 1.50. The van der Waals surface area contributed by atoms with Gasteiger partial charge in [0.2, 0.25) is 0 Å². The van der Waals surface area contributed by atoms with Crippen LogP contribution in [-0.2, 0) is 0 Å². The number of anilines is 1. The van der Waals surface area contributed by atoms with Crippen molar-refractivity contribution >= 4 is 60.3 Å². The van der Waals surface area contributed by atoms with Crippen LogP contribution in [0.15, 0.2) is 51.8 Å². The first kappa shape index (κ1) is 14.6. The van der Waals surface area contributed by atoms with E-state index in [1.165, 1.54) is 16.2 Å². The quantitative estimate of drug-likeness (QED) is 0.649. The zero-order valence-electron chi connectivity index (χ0n) is 11.1. The van der Waals surface area contributed by atoms with Gasteiger partial charge in [-0.3, -0.25) is 10.1 Å². The second-order valence-electron chi connectivity index (χ2n) is 4.29. The molecule has 0 aliphatic carbocycles. The lowest BCUT2D eigenvalue weighted by molar-refractivity contribution is 0.102. The average molecular weight is 379 g/mol. The molecule has 3 aromatic rings. The molecule has 3 nitrogen and oxygen atoms in total. The van der Waals surface area contributed by atoms with Gasteiger partial charge in [0.05, 0.1) is 15.8 Å². The van der Waals surface area contributed by atoms with Crippen LogP contribution in [0.2, 0.25) is 0 Å². The summed E-state index contributed by atoms with van der Waals surface area (Å²) in [6.45, 7) is 0. The fraction of sp³-hybridized carbons (Fsp3) is 0.0667. The minimum Gasteiger partial charge on any atom is -0.298 e. The number of carbonyl (C=O) groups is 1. The van der Waals surface area contributed by atoms with Crippen LogP contribution in [0.5, 0.6) is 0 Å². The third-order valence-electron chi connectivity index (χ3n) is 2.93. The van der Waals surface area contributed by atoms with E-state index < -0.39 is 0 Å². The molecule has 1 amide bonds. The number of carbonyl (C=O) groups excluding carboxylic acids is 1. The number of hydrogen-bond donors (Lipinski definition) is 1. The zero-order chi connectivity index (χ0) is 14.8. The maximum absolute atomic E-state index is 12.3. The van der Waals surface area contributed by atoms with Gasteiger partial charge in [-0.1, -0.05) is 23.5 Å². The highest BCUT2D eigenvalue weighted by Gasteiger charge is 2.12. The number of fused-ring (bicyclic) bond motifs is 1. The van der Waals surface area contributed by atoms with Crippen molar-refractivity contribution in [1.29, 1.82) is 0 Å². The van der Waals surface area contributed by atoms with Crippen LogP contribution >= 0.6 is 39.0 Å². The van der Waals surface area contributed by atoms with E-state index in [4.69, 9.17) is 0 Å². The third kappa shape index (κ3) is 3.12. The van der Waals surface area contributed by atoms with Crippen molar-refractivity contribution < 1.29 is 4.79 Å². The van der Waals surface area contributed by atoms with Gasteiger partial charge in [0.15, 0.2) is 5.13 Å². The second-order valence-corrected chi connectivity index (χ2v) is 7.05. The molecule has 0 bridgehead atoms. The minimum absolute atomic E-state index is 0.161. The van der Waals surface area contributed by atoms with Crippen LogP contribution in [-0.4, -0.2) is 17.1 Å². The molecular formula is C15H11BrN2OS2. The summed E-state index contributed by atoms with van der Waals surface area (Å²) >= 11 is 6.56. The van der Waals surface area contributed by atoms with Gasteiger partial charge in [-0.25, -0.2) is 4.98 Å². The molecule has 0 atom stereocenters. The van der Waals surface area contributed by atoms with Crippen LogP contribution in [0.25, 0.3) is 10.2 Å². The Bertz CT molecular complexity index is 816. The van der Waals surface area contributed by atoms with Crippen molar-refractivity contribution in [3.8, 4) is 0 Å². The number of halogens is 1. The molecule has 1 N–H and O–H groups in total. The van der Waals surface area contributed by atoms with E-state index >= 15 is 0 Å². The largest absolute Gasteiger partial charge is 0.298 e. The first-order valence-corrected chi connectivity index (χ1v) is 9.01. The number of thioether (sulfide) groups is 1. The van der Waals surface area contributed by atoms with Crippen molar-refractivity contribution in [2.45, 2.75) is 4.90 Å². The van der Waals surface area contributed by atoms with Crippen LogP contribution in [0, 0.1) is 0 Å². The van der Waals surface area contributed by atoms with Crippen LogP contribution < -0.4 is 5.32 Å². The lowest BCUT2D eigenvalue weighted by Crippen LogP contribution is -2.12. The summed E-state index contributed by atoms with van der Waals surface area (Å²) in [7, 11) is 0. The van der Waals surface area contributed by atoms with E-state index in [1.807, 2.05) is 36.6 Å². The monoisotopic (exact) mass is 378 g/mol. The second kappa shape index (κ2) is 6.17. The molecule has 0 unspecified atom stereocenters. The maximum Gasteiger partial charge on any atom is 0.258 e. The Morgan fingerprint density at radius 2 is 2.10 bits per heavy atom. The molecule has 0 aliphatic rings. The van der Waals surface area contributed by atoms with E-state index in [1.54, 1.807) is 17.8 Å². The van der Waals surface area contributed by atoms with E-state index in [9.17, 15) is 4.79 Å². The zero-order valence-corrected chi connectivity index (χ0v) is 14.3. The number of thiazole rings is 1. The molecule has 2 aromatic carbocycles. The molecule has 0 aliphatic heterocycles. The lowest BCUT2D eigenvalue weighted by Gasteiger charge is -2.03. The van der Waals surface area contributed by atoms with Gasteiger partial charge >= 0.3 is 0 Å². The highest BCUT2D eigenvalue weighted by Crippen LogP contribution is 2.30. The van der Waals surface area contributed by atoms with E-state index in [0.29, 0.717) is 10.7 Å². The van der Waals surface area contributed by atoms with Gasteiger partial charge in [0.1, 0.15) is 0 Å². The van der Waals surface area contributed by atoms with Crippen molar-refractivity contribution in [3.63, 3.8) is 0 Å². The Morgan fingerprint density at radius 3 is 2.86 bits per heavy atom. The predicted molar refractivity (Wildman–Crippen MR) is 93.5 cm³/mol. The summed E-state index contributed by atoms with van der Waals surface area (Å²) in [4.78, 5) is 17.9. The molecule has 6 heteroatoms. The molecule has 0 saturated carbocycles. The van der Waals surface area contributed by atoms with E-state index in [0.717, 1.165) is 14.7 Å². The van der Waals surface area contributed by atoms with Crippen molar-refractivity contribution in [2.75, 3.05) is 11.6 Å². The number of rotatable bonds is 3. The Kier molecular flexibility index (Phi) is 4.28. The predicted octanol–water partition coefficient (Wildman–Crippen LogP) is 5.03. The van der Waals surface area contributed by atoms with Crippen molar-refractivity contribution in [3.05, 3.63) is 52.5 Å². The summed E-state index contributed by atoms with van der Waals surface area (Å²) in [6, 6.07) is 13.4. The van der Waals surface area contributed by atoms with Crippen LogP contribution in [0.1, 0.15) is 10.4 Å². The van der Waals surface area contributed by atoms with Gasteiger partial charge in [-0.15, -0.1) is 11.8 Å². The smallest absolute Gasteiger partial charge is 0.258 e. The Balaban J connectivity index is 1.88. The topological polar surface area (TPSA) is 42.0 Å². The molecular weight excluding hydrogens is 368 g/mol. The summed E-state index contributed by atoms with van der Waals surface area (Å²) in [6.07, 6.45) is 2.04. The van der Waals surface area contributed by atoms with Gasteiger partial charge < -0.3 is 0 Å². The number of aromatic nitrogens is 1. The Labute approximate surface area is 138 Å². The SMILES string of the molecule is CSc1ccc2nc(NC(=O)c3ccccc3Br)sc2c1. The third-order valence-corrected chi connectivity index (χ3v) is 5.28. The normalized spacial score (nSPS) is 10.8. The first-order valence-electron chi connectivity index (χ1n) is 6.18. The number of hydrogen-bond acceptors (Lipinski definition) is 4. The molecule has 0 saturated heterocycles. The van der Waals surface area contributed by atoms with E-state index in [2.05, 4.69) is 32.3 Å². The first-order chi connectivity index (χ1) is 10.2. The van der Waals surface area contributed by atoms with Gasteiger partial charge in [-0.2, -0.15) is 0 Å². The van der Waals surface area contributed by atoms with Gasteiger partial charge in [0, 0.05) is 9.37 Å². The minimum atomic E-state index is -0.161. The molecule has 0 radical (unpaired) electrons. The van der Waals surface area contributed by atoms with Crippen molar-refractivity contribution in [1.82, 2.24) is 4.98 Å². The average Bonchev–Trinajstić information content (AvgIpc) is 2.88. The van der Waals surface area contributed by atoms with Crippen molar-refractivity contribution in [2.24, 2.45) is 0 Å². The molecule has 1 heterocycles. The van der Waals surface area contributed by atoms with Gasteiger partial charge in [-0.05, 0) is 52.5 Å². The molecule has 3 rings (SSSR count). The fourth-order valence-electron chi connectivity index (χ4n) is 1.90.